The molecule has 1 aliphatic rings. The fourth-order valence-electron chi connectivity index (χ4n) is 3.00. The van der Waals surface area contributed by atoms with Gasteiger partial charge in [0.25, 0.3) is 0 Å². The smallest absolute Gasteiger partial charge is 0.0727 e. The number of hydrogen-bond acceptors (Lipinski definition) is 3. The monoisotopic (exact) mass is 299 g/mol. The molecule has 0 aromatic carbocycles. The third-order valence-corrected chi connectivity index (χ3v) is 4.46. The van der Waals surface area contributed by atoms with Gasteiger partial charge in [-0.15, -0.1) is 0 Å². The fraction of sp³-hybridized carbons (Fsp3) is 1.00. The van der Waals surface area contributed by atoms with E-state index >= 15 is 0 Å². The molecule has 1 fully saturated rings. The van der Waals surface area contributed by atoms with E-state index < -0.39 is 0 Å². The van der Waals surface area contributed by atoms with Gasteiger partial charge in [-0.1, -0.05) is 64.7 Å². The Morgan fingerprint density at radius 3 is 2.10 bits per heavy atom. The van der Waals surface area contributed by atoms with Gasteiger partial charge in [0.05, 0.1) is 19.3 Å². The summed E-state index contributed by atoms with van der Waals surface area (Å²) in [5, 5.41) is 0. The van der Waals surface area contributed by atoms with E-state index in [1.54, 1.807) is 0 Å². The van der Waals surface area contributed by atoms with Crippen molar-refractivity contribution in [3.8, 4) is 0 Å². The van der Waals surface area contributed by atoms with Crippen LogP contribution in [0.25, 0.3) is 0 Å². The van der Waals surface area contributed by atoms with E-state index in [9.17, 15) is 0 Å². The molecule has 1 rings (SSSR count). The van der Waals surface area contributed by atoms with Crippen LogP contribution < -0.4 is 5.73 Å². The molecule has 0 radical (unpaired) electrons. The normalized spacial score (nSPS) is 26.0. The summed E-state index contributed by atoms with van der Waals surface area (Å²) in [6, 6.07) is 0.208. The van der Waals surface area contributed by atoms with Gasteiger partial charge in [-0.05, 0) is 19.3 Å². The first-order chi connectivity index (χ1) is 10.3. The van der Waals surface area contributed by atoms with Crippen LogP contribution in [0.4, 0.5) is 0 Å². The predicted octanol–water partition coefficient (Wildman–Crippen LogP) is 4.43. The maximum atomic E-state index is 6.36. The molecule has 0 aromatic heterocycles. The minimum Gasteiger partial charge on any atom is -0.379 e. The molecule has 2 N–H and O–H groups in total. The molecule has 3 nitrogen and oxygen atoms in total. The highest BCUT2D eigenvalue weighted by Gasteiger charge is 2.18. The molecule has 21 heavy (non-hydrogen) atoms. The number of ether oxygens (including phenoxy) is 2. The summed E-state index contributed by atoms with van der Waals surface area (Å²) < 4.78 is 11.6. The van der Waals surface area contributed by atoms with Gasteiger partial charge in [-0.2, -0.15) is 0 Å². The van der Waals surface area contributed by atoms with Crippen LogP contribution >= 0.6 is 0 Å². The second kappa shape index (κ2) is 13.5. The second-order valence-corrected chi connectivity index (χ2v) is 6.44. The van der Waals surface area contributed by atoms with Gasteiger partial charge in [0.15, 0.2) is 0 Å². The highest BCUT2D eigenvalue weighted by molar-refractivity contribution is 4.74. The predicted molar refractivity (Wildman–Crippen MR) is 89.6 cm³/mol. The Labute approximate surface area is 132 Å². The van der Waals surface area contributed by atoms with Gasteiger partial charge < -0.3 is 15.2 Å². The van der Waals surface area contributed by atoms with Crippen molar-refractivity contribution >= 4 is 0 Å². The van der Waals surface area contributed by atoms with Crippen molar-refractivity contribution in [3.05, 3.63) is 0 Å². The molecule has 0 spiro atoms. The first-order valence-corrected chi connectivity index (χ1v) is 9.29. The van der Waals surface area contributed by atoms with Crippen LogP contribution in [-0.2, 0) is 9.47 Å². The lowest BCUT2D eigenvalue weighted by atomic mass is 9.96. The molecule has 2 atom stereocenters. The zero-order valence-electron chi connectivity index (χ0n) is 14.2. The van der Waals surface area contributed by atoms with E-state index in [1.807, 2.05) is 0 Å². The summed E-state index contributed by atoms with van der Waals surface area (Å²) in [7, 11) is 0. The van der Waals surface area contributed by atoms with Gasteiger partial charge in [0, 0.05) is 12.6 Å². The number of rotatable bonds is 7. The summed E-state index contributed by atoms with van der Waals surface area (Å²) >= 11 is 0. The van der Waals surface area contributed by atoms with Crippen LogP contribution in [0.1, 0.15) is 84.0 Å². The molecular weight excluding hydrogens is 262 g/mol. The van der Waals surface area contributed by atoms with Crippen LogP contribution in [0.5, 0.6) is 0 Å². The number of unbranched alkanes of at least 4 members (excludes halogenated alkanes) is 1. The fourth-order valence-corrected chi connectivity index (χ4v) is 3.00. The molecule has 1 saturated carbocycles. The summed E-state index contributed by atoms with van der Waals surface area (Å²) in [5.41, 5.74) is 6.36. The van der Waals surface area contributed by atoms with Crippen molar-refractivity contribution in [2.75, 3.05) is 19.8 Å². The van der Waals surface area contributed by atoms with Gasteiger partial charge in [-0.25, -0.2) is 0 Å². The van der Waals surface area contributed by atoms with Crippen molar-refractivity contribution < 1.29 is 9.47 Å². The molecule has 0 amide bonds. The van der Waals surface area contributed by atoms with Crippen molar-refractivity contribution in [1.29, 1.82) is 0 Å². The number of nitrogens with two attached hydrogens (primary N) is 1. The average Bonchev–Trinajstić information content (AvgIpc) is 2.48. The number of hydrogen-bond donors (Lipinski definition) is 1. The van der Waals surface area contributed by atoms with E-state index in [0.717, 1.165) is 25.9 Å². The summed E-state index contributed by atoms with van der Waals surface area (Å²) in [5.74, 6) is 0. The largest absolute Gasteiger partial charge is 0.379 e. The molecule has 0 heterocycles. The molecule has 0 aliphatic heterocycles. The van der Waals surface area contributed by atoms with Gasteiger partial charge in [0.2, 0.25) is 0 Å². The lowest BCUT2D eigenvalue weighted by molar-refractivity contribution is -0.0124. The minimum absolute atomic E-state index is 0.208. The molecular formula is C18H37NO2. The third kappa shape index (κ3) is 10.3. The maximum Gasteiger partial charge on any atom is 0.0727 e. The van der Waals surface area contributed by atoms with E-state index in [2.05, 4.69) is 6.92 Å². The highest BCUT2D eigenvalue weighted by Crippen LogP contribution is 2.18. The van der Waals surface area contributed by atoms with Crippen LogP contribution in [0.15, 0.2) is 0 Å². The average molecular weight is 299 g/mol. The first kappa shape index (κ1) is 18.9. The quantitative estimate of drug-likeness (QED) is 0.707. The molecule has 2 unspecified atom stereocenters. The van der Waals surface area contributed by atoms with Gasteiger partial charge in [0.1, 0.15) is 0 Å². The Hall–Kier alpha value is -0.120. The SMILES string of the molecule is CCCCOCCOC1CCCCCCCCCCC1N. The summed E-state index contributed by atoms with van der Waals surface area (Å²) in [6.45, 7) is 4.45. The van der Waals surface area contributed by atoms with Crippen molar-refractivity contribution in [2.45, 2.75) is 96.1 Å². The maximum absolute atomic E-state index is 6.36. The lowest BCUT2D eigenvalue weighted by Gasteiger charge is -2.25. The zero-order chi connectivity index (χ0) is 15.2. The molecule has 126 valence electrons. The van der Waals surface area contributed by atoms with E-state index in [-0.39, 0.29) is 12.1 Å². The van der Waals surface area contributed by atoms with Crippen LogP contribution in [-0.4, -0.2) is 32.0 Å². The minimum atomic E-state index is 0.208. The van der Waals surface area contributed by atoms with Crippen LogP contribution in [0.3, 0.4) is 0 Å². The van der Waals surface area contributed by atoms with E-state index in [4.69, 9.17) is 15.2 Å². The Balaban J connectivity index is 2.21. The Morgan fingerprint density at radius 1 is 0.810 bits per heavy atom. The molecule has 0 saturated heterocycles. The lowest BCUT2D eigenvalue weighted by Crippen LogP contribution is -2.37. The van der Waals surface area contributed by atoms with Crippen molar-refractivity contribution in [1.82, 2.24) is 0 Å². The topological polar surface area (TPSA) is 44.5 Å². The third-order valence-electron chi connectivity index (χ3n) is 4.46. The Morgan fingerprint density at radius 2 is 1.43 bits per heavy atom. The Bertz CT molecular complexity index is 223. The van der Waals surface area contributed by atoms with Crippen LogP contribution in [0.2, 0.25) is 0 Å². The standard InChI is InChI=1S/C18H37NO2/c1-2-3-14-20-15-16-21-18-13-11-9-7-5-4-6-8-10-12-17(18)19/h17-18H,2-16,19H2,1H3. The van der Waals surface area contributed by atoms with E-state index in [0.29, 0.717) is 13.2 Å². The van der Waals surface area contributed by atoms with Crippen LogP contribution in [0, 0.1) is 0 Å². The zero-order valence-corrected chi connectivity index (χ0v) is 14.2. The van der Waals surface area contributed by atoms with E-state index in [1.165, 1.54) is 57.8 Å². The van der Waals surface area contributed by atoms with Gasteiger partial charge >= 0.3 is 0 Å². The molecule has 0 bridgehead atoms. The van der Waals surface area contributed by atoms with Crippen molar-refractivity contribution in [2.24, 2.45) is 5.73 Å². The summed E-state index contributed by atoms with van der Waals surface area (Å²) in [4.78, 5) is 0. The summed E-state index contributed by atoms with van der Waals surface area (Å²) in [6.07, 6.45) is 15.6. The molecule has 3 heteroatoms. The molecule has 0 aromatic rings. The molecule has 1 aliphatic carbocycles. The first-order valence-electron chi connectivity index (χ1n) is 9.29. The Kier molecular flexibility index (Phi) is 12.2. The highest BCUT2D eigenvalue weighted by atomic mass is 16.5. The van der Waals surface area contributed by atoms with Crippen molar-refractivity contribution in [3.63, 3.8) is 0 Å². The van der Waals surface area contributed by atoms with Gasteiger partial charge in [-0.3, -0.25) is 0 Å². The second-order valence-electron chi connectivity index (χ2n) is 6.44.